The molecule has 0 aliphatic rings. The van der Waals surface area contributed by atoms with Gasteiger partial charge in [0.05, 0.1) is 13.2 Å². The molecule has 0 amide bonds. The summed E-state index contributed by atoms with van der Waals surface area (Å²) in [5, 5.41) is 8.45. The first-order valence-corrected chi connectivity index (χ1v) is 3.47. The number of nitrogens with two attached hydrogens (primary N) is 1. The quantitative estimate of drug-likeness (QED) is 0.639. The average molecular weight is 186 g/mol. The largest absolute Gasteiger partial charge is 0.401 e. The summed E-state index contributed by atoms with van der Waals surface area (Å²) in [6.07, 6.45) is -4.20. The summed E-state index contributed by atoms with van der Waals surface area (Å²) in [5.41, 5.74) is 5.23. The highest BCUT2D eigenvalue weighted by molar-refractivity contribution is 4.66. The summed E-state index contributed by atoms with van der Waals surface area (Å²) in [6, 6.07) is -0.614. The molecule has 6 heteroatoms. The lowest BCUT2D eigenvalue weighted by Gasteiger charge is -2.20. The number of rotatable bonds is 4. The molecule has 0 aromatic heterocycles. The van der Waals surface area contributed by atoms with Crippen LogP contribution in [-0.4, -0.2) is 49.0 Å². The summed E-state index contributed by atoms with van der Waals surface area (Å²) >= 11 is 0. The van der Waals surface area contributed by atoms with E-state index in [0.717, 1.165) is 4.90 Å². The van der Waals surface area contributed by atoms with Gasteiger partial charge in [-0.25, -0.2) is 0 Å². The van der Waals surface area contributed by atoms with Crippen LogP contribution in [0.4, 0.5) is 13.2 Å². The van der Waals surface area contributed by atoms with Gasteiger partial charge < -0.3 is 10.8 Å². The van der Waals surface area contributed by atoms with Gasteiger partial charge in [-0.05, 0) is 7.05 Å². The first-order chi connectivity index (χ1) is 5.35. The fraction of sp³-hybridized carbons (Fsp3) is 1.00. The molecule has 74 valence electrons. The molecule has 3 nitrogen and oxygen atoms in total. The highest BCUT2D eigenvalue weighted by Crippen LogP contribution is 2.15. The molecule has 12 heavy (non-hydrogen) atoms. The number of halogens is 3. The predicted molar refractivity (Wildman–Crippen MR) is 38.6 cm³/mol. The molecule has 0 rings (SSSR count). The van der Waals surface area contributed by atoms with Crippen LogP contribution in [0, 0.1) is 0 Å². The maximum Gasteiger partial charge on any atom is 0.401 e. The Kier molecular flexibility index (Phi) is 4.51. The topological polar surface area (TPSA) is 49.5 Å². The SMILES string of the molecule is CN(CC(N)CO)CC(F)(F)F. The molecule has 1 atom stereocenters. The van der Waals surface area contributed by atoms with Gasteiger partial charge in [0.15, 0.2) is 0 Å². The molecule has 0 aromatic rings. The molecule has 0 aliphatic heterocycles. The number of hydrogen-bond acceptors (Lipinski definition) is 3. The third-order valence-corrected chi connectivity index (χ3v) is 1.23. The standard InChI is InChI=1S/C6H13F3N2O/c1-11(2-5(10)3-12)4-6(7,8)9/h5,12H,2-4,10H2,1H3. The molecule has 0 saturated heterocycles. The number of likely N-dealkylation sites (N-methyl/N-ethyl adjacent to an activating group) is 1. The lowest BCUT2D eigenvalue weighted by Crippen LogP contribution is -2.41. The van der Waals surface area contributed by atoms with Crippen molar-refractivity contribution >= 4 is 0 Å². The smallest absolute Gasteiger partial charge is 0.395 e. The van der Waals surface area contributed by atoms with Gasteiger partial charge in [-0.1, -0.05) is 0 Å². The van der Waals surface area contributed by atoms with E-state index in [1.165, 1.54) is 7.05 Å². The van der Waals surface area contributed by atoms with Crippen molar-refractivity contribution < 1.29 is 18.3 Å². The third-order valence-electron chi connectivity index (χ3n) is 1.23. The summed E-state index contributed by atoms with van der Waals surface area (Å²) < 4.78 is 35.1. The molecule has 0 saturated carbocycles. The molecule has 0 fully saturated rings. The van der Waals surface area contributed by atoms with Crippen molar-refractivity contribution in [2.75, 3.05) is 26.7 Å². The van der Waals surface area contributed by atoms with Crippen molar-refractivity contribution in [1.82, 2.24) is 4.90 Å². The van der Waals surface area contributed by atoms with Crippen LogP contribution in [-0.2, 0) is 0 Å². The second-order valence-electron chi connectivity index (χ2n) is 2.75. The van der Waals surface area contributed by atoms with Gasteiger partial charge in [-0.15, -0.1) is 0 Å². The first kappa shape index (κ1) is 11.7. The van der Waals surface area contributed by atoms with E-state index in [2.05, 4.69) is 0 Å². The Hall–Kier alpha value is -0.330. The van der Waals surface area contributed by atoms with E-state index >= 15 is 0 Å². The normalized spacial score (nSPS) is 15.2. The number of hydrogen-bond donors (Lipinski definition) is 2. The second kappa shape index (κ2) is 4.64. The Morgan fingerprint density at radius 2 is 2.00 bits per heavy atom. The zero-order valence-corrected chi connectivity index (χ0v) is 6.80. The fourth-order valence-corrected chi connectivity index (χ4v) is 0.829. The fourth-order valence-electron chi connectivity index (χ4n) is 0.829. The number of aliphatic hydroxyl groups excluding tert-OH is 1. The van der Waals surface area contributed by atoms with Crippen LogP contribution < -0.4 is 5.73 Å². The monoisotopic (exact) mass is 186 g/mol. The first-order valence-electron chi connectivity index (χ1n) is 3.47. The Balaban J connectivity index is 3.66. The molecular weight excluding hydrogens is 173 g/mol. The van der Waals surface area contributed by atoms with Gasteiger partial charge in [0.1, 0.15) is 0 Å². The van der Waals surface area contributed by atoms with Crippen molar-refractivity contribution in [2.24, 2.45) is 5.73 Å². The summed E-state index contributed by atoms with van der Waals surface area (Å²) in [6.45, 7) is -1.26. The van der Waals surface area contributed by atoms with E-state index in [1.54, 1.807) is 0 Å². The van der Waals surface area contributed by atoms with Gasteiger partial charge in [0, 0.05) is 12.6 Å². The molecule has 0 bridgehead atoms. The van der Waals surface area contributed by atoms with Crippen LogP contribution in [0.15, 0.2) is 0 Å². The Labute approximate surface area is 69.0 Å². The zero-order chi connectivity index (χ0) is 9.78. The average Bonchev–Trinajstić information content (AvgIpc) is 1.82. The highest BCUT2D eigenvalue weighted by Gasteiger charge is 2.29. The van der Waals surface area contributed by atoms with Crippen molar-refractivity contribution in [2.45, 2.75) is 12.2 Å². The molecule has 0 aliphatic carbocycles. The molecular formula is C6H13F3N2O. The summed E-state index contributed by atoms with van der Waals surface area (Å²) in [5.74, 6) is 0. The summed E-state index contributed by atoms with van der Waals surface area (Å²) in [7, 11) is 1.31. The van der Waals surface area contributed by atoms with E-state index in [-0.39, 0.29) is 13.2 Å². The van der Waals surface area contributed by atoms with Crippen molar-refractivity contribution in [1.29, 1.82) is 0 Å². The minimum absolute atomic E-state index is 0.0377. The second-order valence-corrected chi connectivity index (χ2v) is 2.75. The van der Waals surface area contributed by atoms with E-state index < -0.39 is 18.8 Å². The zero-order valence-electron chi connectivity index (χ0n) is 6.80. The molecule has 0 radical (unpaired) electrons. The van der Waals surface area contributed by atoms with E-state index in [0.29, 0.717) is 0 Å². The van der Waals surface area contributed by atoms with Crippen LogP contribution in [0.5, 0.6) is 0 Å². The number of nitrogens with zero attached hydrogens (tertiary/aromatic N) is 1. The van der Waals surface area contributed by atoms with Crippen LogP contribution in [0.2, 0.25) is 0 Å². The molecule has 0 spiro atoms. The highest BCUT2D eigenvalue weighted by atomic mass is 19.4. The molecule has 0 aromatic carbocycles. The van der Waals surface area contributed by atoms with Crippen molar-refractivity contribution in [3.8, 4) is 0 Å². The van der Waals surface area contributed by atoms with Gasteiger partial charge >= 0.3 is 6.18 Å². The van der Waals surface area contributed by atoms with Crippen molar-refractivity contribution in [3.05, 3.63) is 0 Å². The van der Waals surface area contributed by atoms with Crippen LogP contribution in [0.3, 0.4) is 0 Å². The Bertz CT molecular complexity index is 128. The van der Waals surface area contributed by atoms with E-state index in [1.807, 2.05) is 0 Å². The lowest BCUT2D eigenvalue weighted by atomic mass is 10.3. The Morgan fingerprint density at radius 1 is 1.50 bits per heavy atom. The third kappa shape index (κ3) is 6.38. The lowest BCUT2D eigenvalue weighted by molar-refractivity contribution is -0.143. The molecule has 3 N–H and O–H groups in total. The van der Waals surface area contributed by atoms with E-state index in [4.69, 9.17) is 10.8 Å². The minimum Gasteiger partial charge on any atom is -0.395 e. The Morgan fingerprint density at radius 3 is 2.33 bits per heavy atom. The summed E-state index contributed by atoms with van der Waals surface area (Å²) in [4.78, 5) is 1.03. The van der Waals surface area contributed by atoms with Gasteiger partial charge in [0.2, 0.25) is 0 Å². The number of alkyl halides is 3. The van der Waals surface area contributed by atoms with Crippen LogP contribution in [0.25, 0.3) is 0 Å². The van der Waals surface area contributed by atoms with Gasteiger partial charge in [0.25, 0.3) is 0 Å². The van der Waals surface area contributed by atoms with E-state index in [9.17, 15) is 13.2 Å². The van der Waals surface area contributed by atoms with Gasteiger partial charge in [-0.3, -0.25) is 4.90 Å². The molecule has 1 unspecified atom stereocenters. The van der Waals surface area contributed by atoms with Gasteiger partial charge in [-0.2, -0.15) is 13.2 Å². The maximum absolute atomic E-state index is 11.7. The number of aliphatic hydroxyl groups is 1. The maximum atomic E-state index is 11.7. The van der Waals surface area contributed by atoms with Crippen LogP contribution >= 0.6 is 0 Å². The minimum atomic E-state index is -4.20. The van der Waals surface area contributed by atoms with Crippen LogP contribution in [0.1, 0.15) is 0 Å². The molecule has 0 heterocycles. The predicted octanol–water partition coefficient (Wildman–Crippen LogP) is -0.200. The van der Waals surface area contributed by atoms with Crippen molar-refractivity contribution in [3.63, 3.8) is 0 Å².